The zero-order chi connectivity index (χ0) is 15.4. The van der Waals surface area contributed by atoms with Crippen LogP contribution in [-0.2, 0) is 0 Å². The third kappa shape index (κ3) is 3.31. The quantitative estimate of drug-likeness (QED) is 0.521. The van der Waals surface area contributed by atoms with Gasteiger partial charge in [0.25, 0.3) is 0 Å². The molecule has 0 fully saturated rings. The number of alkyl halides is 1. The Morgan fingerprint density at radius 3 is 2.27 bits per heavy atom. The number of para-hydroxylation sites is 1. The Hall–Kier alpha value is -1.85. The maximum Gasteiger partial charge on any atom is 0.214 e. The lowest BCUT2D eigenvalue weighted by atomic mass is 10.1. The van der Waals surface area contributed by atoms with Gasteiger partial charge in [0.2, 0.25) is 5.16 Å². The summed E-state index contributed by atoms with van der Waals surface area (Å²) in [6.07, 6.45) is 0. The van der Waals surface area contributed by atoms with Crippen LogP contribution in [-0.4, -0.2) is 25.6 Å². The molecule has 0 aliphatic heterocycles. The van der Waals surface area contributed by atoms with Crippen molar-refractivity contribution in [3.8, 4) is 5.69 Å². The van der Waals surface area contributed by atoms with Crippen LogP contribution in [0.15, 0.2) is 65.8 Å². The Morgan fingerprint density at radius 1 is 1.00 bits per heavy atom. The molecule has 6 heteroatoms. The van der Waals surface area contributed by atoms with E-state index in [1.807, 2.05) is 55.5 Å². The normalized spacial score (nSPS) is 13.7. The monoisotopic (exact) mass is 330 g/mol. The van der Waals surface area contributed by atoms with Gasteiger partial charge in [-0.3, -0.25) is 0 Å². The number of rotatable bonds is 5. The number of aromatic nitrogens is 4. The lowest BCUT2D eigenvalue weighted by molar-refractivity contribution is 0.753. The number of hydrogen-bond acceptors (Lipinski definition) is 4. The van der Waals surface area contributed by atoms with Crippen LogP contribution in [0.2, 0.25) is 0 Å². The highest BCUT2D eigenvalue weighted by Gasteiger charge is 2.22. The van der Waals surface area contributed by atoms with E-state index in [1.165, 1.54) is 0 Å². The van der Waals surface area contributed by atoms with Crippen molar-refractivity contribution in [2.45, 2.75) is 22.7 Å². The molecule has 3 rings (SSSR count). The molecule has 0 amide bonds. The van der Waals surface area contributed by atoms with E-state index in [1.54, 1.807) is 16.4 Å². The van der Waals surface area contributed by atoms with Crippen LogP contribution in [0.1, 0.15) is 17.7 Å². The third-order valence-corrected chi connectivity index (χ3v) is 5.02. The van der Waals surface area contributed by atoms with Crippen LogP contribution in [0.4, 0.5) is 0 Å². The Labute approximate surface area is 138 Å². The first kappa shape index (κ1) is 15.1. The van der Waals surface area contributed by atoms with Crippen molar-refractivity contribution in [3.05, 3.63) is 66.2 Å². The molecular weight excluding hydrogens is 316 g/mol. The van der Waals surface area contributed by atoms with Crippen molar-refractivity contribution in [2.24, 2.45) is 0 Å². The Morgan fingerprint density at radius 2 is 1.64 bits per heavy atom. The molecule has 1 heterocycles. The zero-order valence-electron chi connectivity index (χ0n) is 12.0. The molecule has 0 saturated carbocycles. The highest BCUT2D eigenvalue weighted by Crippen LogP contribution is 2.39. The van der Waals surface area contributed by atoms with Crippen LogP contribution in [0.25, 0.3) is 5.69 Å². The first-order valence-corrected chi connectivity index (χ1v) is 8.27. The van der Waals surface area contributed by atoms with Crippen molar-refractivity contribution in [1.82, 2.24) is 20.2 Å². The second kappa shape index (κ2) is 6.94. The van der Waals surface area contributed by atoms with Crippen molar-refractivity contribution < 1.29 is 0 Å². The van der Waals surface area contributed by atoms with Gasteiger partial charge in [-0.1, -0.05) is 60.3 Å². The highest BCUT2D eigenvalue weighted by molar-refractivity contribution is 7.99. The minimum absolute atomic E-state index is 0.0478. The molecule has 22 heavy (non-hydrogen) atoms. The van der Waals surface area contributed by atoms with Gasteiger partial charge < -0.3 is 0 Å². The van der Waals surface area contributed by atoms with E-state index in [-0.39, 0.29) is 10.6 Å². The molecule has 0 aliphatic rings. The summed E-state index contributed by atoms with van der Waals surface area (Å²) in [5.74, 6) is 0. The van der Waals surface area contributed by atoms with Crippen LogP contribution in [0.3, 0.4) is 0 Å². The van der Waals surface area contributed by atoms with Gasteiger partial charge in [0.1, 0.15) is 0 Å². The molecule has 0 N–H and O–H groups in total. The van der Waals surface area contributed by atoms with Crippen molar-refractivity contribution >= 4 is 23.4 Å². The molecular formula is C16H15ClN4S. The van der Waals surface area contributed by atoms with Crippen LogP contribution in [0.5, 0.6) is 0 Å². The molecule has 1 aromatic heterocycles. The number of tetrazole rings is 1. The predicted molar refractivity (Wildman–Crippen MR) is 89.5 cm³/mol. The van der Waals surface area contributed by atoms with Gasteiger partial charge in [-0.25, -0.2) is 0 Å². The van der Waals surface area contributed by atoms with Crippen LogP contribution >= 0.6 is 23.4 Å². The summed E-state index contributed by atoms with van der Waals surface area (Å²) in [5, 5.41) is 12.8. The molecule has 4 nitrogen and oxygen atoms in total. The fourth-order valence-corrected chi connectivity index (χ4v) is 3.50. The number of halogens is 1. The smallest absolute Gasteiger partial charge is 0.187 e. The largest absolute Gasteiger partial charge is 0.214 e. The van der Waals surface area contributed by atoms with Crippen LogP contribution in [0, 0.1) is 0 Å². The van der Waals surface area contributed by atoms with Gasteiger partial charge in [-0.15, -0.1) is 16.7 Å². The summed E-state index contributed by atoms with van der Waals surface area (Å²) in [5.41, 5.74) is 2.10. The molecule has 2 unspecified atom stereocenters. The van der Waals surface area contributed by atoms with Gasteiger partial charge in [-0.2, -0.15) is 4.68 Å². The minimum Gasteiger partial charge on any atom is -0.187 e. The van der Waals surface area contributed by atoms with Gasteiger partial charge >= 0.3 is 0 Å². The number of thioether (sulfide) groups is 1. The third-order valence-electron chi connectivity index (χ3n) is 3.22. The fraction of sp³-hybridized carbons (Fsp3) is 0.188. The SMILES string of the molecule is CC(Cl)C(Sc1nnnn1-c1ccccc1)c1ccccc1. The van der Waals surface area contributed by atoms with E-state index in [0.29, 0.717) is 0 Å². The Bertz CT molecular complexity index is 715. The standard InChI is InChI=1S/C16H15ClN4S/c1-12(17)15(13-8-4-2-5-9-13)22-16-18-19-20-21(16)14-10-6-3-7-11-14/h2-12,15H,1H3. The van der Waals surface area contributed by atoms with E-state index >= 15 is 0 Å². The number of hydrogen-bond donors (Lipinski definition) is 0. The van der Waals surface area contributed by atoms with E-state index < -0.39 is 0 Å². The van der Waals surface area contributed by atoms with E-state index in [9.17, 15) is 0 Å². The van der Waals surface area contributed by atoms with Crippen molar-refractivity contribution in [3.63, 3.8) is 0 Å². The second-order valence-corrected chi connectivity index (χ2v) is 6.63. The van der Waals surface area contributed by atoms with E-state index in [0.717, 1.165) is 16.4 Å². The summed E-state index contributed by atoms with van der Waals surface area (Å²) in [4.78, 5) is 0. The summed E-state index contributed by atoms with van der Waals surface area (Å²) < 4.78 is 1.74. The molecule has 0 bridgehead atoms. The number of nitrogens with zero attached hydrogens (tertiary/aromatic N) is 4. The van der Waals surface area contributed by atoms with Gasteiger partial charge in [-0.05, 0) is 35.0 Å². The summed E-state index contributed by atoms with van der Waals surface area (Å²) in [6.45, 7) is 1.99. The Kier molecular flexibility index (Phi) is 4.75. The number of benzene rings is 2. The van der Waals surface area contributed by atoms with Gasteiger partial charge in [0.05, 0.1) is 10.9 Å². The lowest BCUT2D eigenvalue weighted by Crippen LogP contribution is -2.08. The van der Waals surface area contributed by atoms with Gasteiger partial charge in [0.15, 0.2) is 0 Å². The Balaban J connectivity index is 1.91. The molecule has 3 aromatic rings. The first-order valence-electron chi connectivity index (χ1n) is 6.95. The lowest BCUT2D eigenvalue weighted by Gasteiger charge is -2.18. The molecule has 0 aliphatic carbocycles. The maximum absolute atomic E-state index is 6.39. The average Bonchev–Trinajstić information content (AvgIpc) is 3.02. The molecule has 0 saturated heterocycles. The van der Waals surface area contributed by atoms with Crippen molar-refractivity contribution in [1.29, 1.82) is 0 Å². The zero-order valence-corrected chi connectivity index (χ0v) is 13.6. The fourth-order valence-electron chi connectivity index (χ4n) is 2.17. The molecule has 0 radical (unpaired) electrons. The first-order chi connectivity index (χ1) is 10.8. The second-order valence-electron chi connectivity index (χ2n) is 4.84. The van der Waals surface area contributed by atoms with Crippen LogP contribution < -0.4 is 0 Å². The summed E-state index contributed by atoms with van der Waals surface area (Å²) in [6, 6.07) is 20.0. The maximum atomic E-state index is 6.39. The van der Waals surface area contributed by atoms with E-state index in [4.69, 9.17) is 11.6 Å². The molecule has 0 spiro atoms. The van der Waals surface area contributed by atoms with Gasteiger partial charge in [0, 0.05) is 5.38 Å². The molecule has 112 valence electrons. The summed E-state index contributed by atoms with van der Waals surface area (Å²) in [7, 11) is 0. The molecule has 2 atom stereocenters. The average molecular weight is 331 g/mol. The predicted octanol–water partition coefficient (Wildman–Crippen LogP) is 4.12. The topological polar surface area (TPSA) is 43.6 Å². The minimum atomic E-state index is -0.0478. The van der Waals surface area contributed by atoms with E-state index in [2.05, 4.69) is 27.7 Å². The highest BCUT2D eigenvalue weighted by atomic mass is 35.5. The summed E-state index contributed by atoms with van der Waals surface area (Å²) >= 11 is 7.97. The van der Waals surface area contributed by atoms with Crippen molar-refractivity contribution in [2.75, 3.05) is 0 Å². The molecule has 2 aromatic carbocycles.